The first-order chi connectivity index (χ1) is 9.06. The Morgan fingerprint density at radius 3 is 2.42 bits per heavy atom. The molecule has 0 N–H and O–H groups in total. The molecule has 0 amide bonds. The fraction of sp³-hybridized carbons (Fsp3) is 0.133. The van der Waals surface area contributed by atoms with Crippen molar-refractivity contribution in [2.45, 2.75) is 13.8 Å². The zero-order valence-corrected chi connectivity index (χ0v) is 12.0. The second-order valence-electron chi connectivity index (χ2n) is 4.55. The maximum absolute atomic E-state index is 6.18. The topological polar surface area (TPSA) is 26.0 Å². The van der Waals surface area contributed by atoms with E-state index in [4.69, 9.17) is 27.6 Å². The van der Waals surface area contributed by atoms with Crippen LogP contribution in [-0.4, -0.2) is 4.98 Å². The van der Waals surface area contributed by atoms with Crippen LogP contribution in [0.4, 0.5) is 0 Å². The van der Waals surface area contributed by atoms with Gasteiger partial charge in [-0.15, -0.1) is 0 Å². The Hall–Kier alpha value is -1.51. The number of fused-ring (bicyclic) bond motifs is 1. The van der Waals surface area contributed by atoms with E-state index in [2.05, 4.69) is 11.1 Å². The average Bonchev–Trinajstić information content (AvgIpc) is 2.72. The maximum Gasteiger partial charge on any atom is 0.230 e. The van der Waals surface area contributed by atoms with E-state index in [0.29, 0.717) is 21.5 Å². The van der Waals surface area contributed by atoms with Crippen LogP contribution in [-0.2, 0) is 0 Å². The Bertz CT molecular complexity index is 757. The monoisotopic (exact) mass is 291 g/mol. The predicted molar refractivity (Wildman–Crippen MR) is 78.9 cm³/mol. The highest BCUT2D eigenvalue weighted by Crippen LogP contribution is 2.36. The number of aromatic nitrogens is 1. The molecule has 0 aliphatic heterocycles. The lowest BCUT2D eigenvalue weighted by Gasteiger charge is -2.01. The van der Waals surface area contributed by atoms with Crippen molar-refractivity contribution in [3.05, 3.63) is 51.5 Å². The van der Waals surface area contributed by atoms with Crippen LogP contribution in [0.1, 0.15) is 11.1 Å². The van der Waals surface area contributed by atoms with Gasteiger partial charge in [0.25, 0.3) is 0 Å². The largest absolute Gasteiger partial charge is 0.436 e. The normalized spacial score (nSPS) is 11.2. The Morgan fingerprint density at radius 2 is 1.74 bits per heavy atom. The van der Waals surface area contributed by atoms with E-state index in [1.54, 1.807) is 18.2 Å². The van der Waals surface area contributed by atoms with Gasteiger partial charge in [-0.2, -0.15) is 0 Å². The quantitative estimate of drug-likeness (QED) is 0.598. The van der Waals surface area contributed by atoms with Crippen LogP contribution in [0.5, 0.6) is 0 Å². The number of hydrogen-bond donors (Lipinski definition) is 0. The van der Waals surface area contributed by atoms with Gasteiger partial charge in [0.15, 0.2) is 5.58 Å². The van der Waals surface area contributed by atoms with Gasteiger partial charge in [0.2, 0.25) is 5.89 Å². The predicted octanol–water partition coefficient (Wildman–Crippen LogP) is 5.42. The number of hydrogen-bond acceptors (Lipinski definition) is 2. The SMILES string of the molecule is Cc1cc(C)c2oc(-c3c(Cl)cccc3Cl)nc2c1. The minimum atomic E-state index is 0.458. The molecule has 1 aromatic heterocycles. The Kier molecular flexibility index (Phi) is 3.00. The van der Waals surface area contributed by atoms with Crippen molar-refractivity contribution in [1.82, 2.24) is 4.98 Å². The Labute approximate surface area is 121 Å². The lowest BCUT2D eigenvalue weighted by Crippen LogP contribution is -1.81. The van der Waals surface area contributed by atoms with Gasteiger partial charge in [-0.3, -0.25) is 0 Å². The third-order valence-corrected chi connectivity index (χ3v) is 3.63. The summed E-state index contributed by atoms with van der Waals surface area (Å²) in [5.74, 6) is 0.458. The van der Waals surface area contributed by atoms with Crippen molar-refractivity contribution in [3.8, 4) is 11.5 Å². The molecule has 0 fully saturated rings. The zero-order valence-electron chi connectivity index (χ0n) is 10.5. The molecule has 0 unspecified atom stereocenters. The first-order valence-corrected chi connectivity index (χ1v) is 6.64. The van der Waals surface area contributed by atoms with Crippen LogP contribution in [0.15, 0.2) is 34.7 Å². The molecule has 96 valence electrons. The molecule has 0 spiro atoms. The summed E-state index contributed by atoms with van der Waals surface area (Å²) >= 11 is 12.4. The molecule has 0 radical (unpaired) electrons. The molecule has 0 saturated heterocycles. The molecular weight excluding hydrogens is 281 g/mol. The van der Waals surface area contributed by atoms with E-state index in [1.165, 1.54) is 0 Å². The first-order valence-electron chi connectivity index (χ1n) is 5.88. The number of nitrogens with zero attached hydrogens (tertiary/aromatic N) is 1. The van der Waals surface area contributed by atoms with Crippen LogP contribution in [0.25, 0.3) is 22.6 Å². The van der Waals surface area contributed by atoms with Crippen LogP contribution in [0, 0.1) is 13.8 Å². The van der Waals surface area contributed by atoms with E-state index >= 15 is 0 Å². The van der Waals surface area contributed by atoms with Gasteiger partial charge in [0.1, 0.15) is 5.52 Å². The van der Waals surface area contributed by atoms with Crippen LogP contribution < -0.4 is 0 Å². The molecule has 2 aromatic carbocycles. The van der Waals surface area contributed by atoms with Crippen LogP contribution in [0.2, 0.25) is 10.0 Å². The van der Waals surface area contributed by atoms with Gasteiger partial charge in [-0.05, 0) is 43.2 Å². The van der Waals surface area contributed by atoms with Crippen molar-refractivity contribution >= 4 is 34.3 Å². The Morgan fingerprint density at radius 1 is 1.05 bits per heavy atom. The molecule has 2 nitrogen and oxygen atoms in total. The summed E-state index contributed by atoms with van der Waals surface area (Å²) in [7, 11) is 0. The van der Waals surface area contributed by atoms with Crippen molar-refractivity contribution < 1.29 is 4.42 Å². The highest BCUT2D eigenvalue weighted by Gasteiger charge is 2.16. The summed E-state index contributed by atoms with van der Waals surface area (Å²) in [4.78, 5) is 4.49. The van der Waals surface area contributed by atoms with Crippen LogP contribution >= 0.6 is 23.2 Å². The molecule has 0 aliphatic rings. The molecule has 0 atom stereocenters. The standard InChI is InChI=1S/C15H11Cl2NO/c1-8-6-9(2)14-12(7-8)18-15(19-14)13-10(16)4-3-5-11(13)17/h3-7H,1-2H3. The summed E-state index contributed by atoms with van der Waals surface area (Å²) in [6.45, 7) is 4.03. The molecule has 1 heterocycles. The highest BCUT2D eigenvalue weighted by molar-refractivity contribution is 6.38. The average molecular weight is 292 g/mol. The lowest BCUT2D eigenvalue weighted by molar-refractivity contribution is 0.617. The third kappa shape index (κ3) is 2.11. The summed E-state index contributed by atoms with van der Waals surface area (Å²) < 4.78 is 5.82. The number of rotatable bonds is 1. The van der Waals surface area contributed by atoms with E-state index in [0.717, 1.165) is 22.2 Å². The number of halogens is 2. The molecular formula is C15H11Cl2NO. The fourth-order valence-electron chi connectivity index (χ4n) is 2.19. The van der Waals surface area contributed by atoms with Gasteiger partial charge >= 0.3 is 0 Å². The molecule has 4 heteroatoms. The zero-order chi connectivity index (χ0) is 13.6. The molecule has 3 aromatic rings. The van der Waals surface area contributed by atoms with E-state index < -0.39 is 0 Å². The van der Waals surface area contributed by atoms with E-state index in [9.17, 15) is 0 Å². The second-order valence-corrected chi connectivity index (χ2v) is 5.36. The van der Waals surface area contributed by atoms with Gasteiger partial charge < -0.3 is 4.42 Å². The van der Waals surface area contributed by atoms with Gasteiger partial charge in [-0.1, -0.05) is 35.3 Å². The minimum absolute atomic E-state index is 0.458. The summed E-state index contributed by atoms with van der Waals surface area (Å²) in [5, 5.41) is 1.07. The van der Waals surface area contributed by atoms with Gasteiger partial charge in [0.05, 0.1) is 15.6 Å². The lowest BCUT2D eigenvalue weighted by atomic mass is 10.1. The number of benzene rings is 2. The number of oxazole rings is 1. The molecule has 0 saturated carbocycles. The Balaban J connectivity index is 2.30. The van der Waals surface area contributed by atoms with E-state index in [1.807, 2.05) is 19.9 Å². The third-order valence-electron chi connectivity index (χ3n) is 3.00. The fourth-order valence-corrected chi connectivity index (χ4v) is 2.74. The number of aryl methyl sites for hydroxylation is 2. The molecule has 19 heavy (non-hydrogen) atoms. The second kappa shape index (κ2) is 4.55. The van der Waals surface area contributed by atoms with E-state index in [-0.39, 0.29) is 0 Å². The smallest absolute Gasteiger partial charge is 0.230 e. The minimum Gasteiger partial charge on any atom is -0.436 e. The van der Waals surface area contributed by atoms with Gasteiger partial charge in [0, 0.05) is 0 Å². The van der Waals surface area contributed by atoms with Crippen molar-refractivity contribution in [3.63, 3.8) is 0 Å². The van der Waals surface area contributed by atoms with Gasteiger partial charge in [-0.25, -0.2) is 4.98 Å². The summed E-state index contributed by atoms with van der Waals surface area (Å²) in [6, 6.07) is 9.39. The maximum atomic E-state index is 6.18. The molecule has 0 bridgehead atoms. The van der Waals surface area contributed by atoms with Crippen molar-refractivity contribution in [2.75, 3.05) is 0 Å². The summed E-state index contributed by atoms with van der Waals surface area (Å²) in [6.07, 6.45) is 0. The first kappa shape index (κ1) is 12.5. The van der Waals surface area contributed by atoms with Crippen LogP contribution in [0.3, 0.4) is 0 Å². The molecule has 0 aliphatic carbocycles. The van der Waals surface area contributed by atoms with Crippen molar-refractivity contribution in [1.29, 1.82) is 0 Å². The summed E-state index contributed by atoms with van der Waals surface area (Å²) in [5.41, 5.74) is 4.44. The molecule has 3 rings (SSSR count). The highest BCUT2D eigenvalue weighted by atomic mass is 35.5. The van der Waals surface area contributed by atoms with Crippen molar-refractivity contribution in [2.24, 2.45) is 0 Å².